The van der Waals surface area contributed by atoms with Crippen molar-refractivity contribution in [3.8, 4) is 0 Å². The van der Waals surface area contributed by atoms with Crippen molar-refractivity contribution in [3.05, 3.63) is 5.53 Å². The van der Waals surface area contributed by atoms with E-state index in [2.05, 4.69) is 4.79 Å². The highest BCUT2D eigenvalue weighted by Crippen LogP contribution is 1.80. The summed E-state index contributed by atoms with van der Waals surface area (Å²) in [5, 5.41) is 10.0. The molecule has 0 aromatic carbocycles. The van der Waals surface area contributed by atoms with Crippen molar-refractivity contribution in [2.75, 3.05) is 0 Å². The van der Waals surface area contributed by atoms with Gasteiger partial charge in [-0.2, -0.15) is 4.79 Å². The maximum Gasteiger partial charge on any atom is 0.405 e. The average Bonchev–Trinajstić information content (AvgIpc) is 1.86. The average molecular weight is 157 g/mol. The van der Waals surface area contributed by atoms with Crippen LogP contribution in [0.3, 0.4) is 0 Å². The van der Waals surface area contributed by atoms with E-state index in [1.807, 2.05) is 5.32 Å². The molecule has 6 nitrogen and oxygen atoms in total. The summed E-state index contributed by atoms with van der Waals surface area (Å²) in [6.07, 6.45) is -0.655. The molecule has 1 atom stereocenters. The molecule has 1 unspecified atom stereocenters. The fraction of sp³-hybridized carbons (Fsp3) is 0.400. The van der Waals surface area contributed by atoms with Gasteiger partial charge in [0.1, 0.15) is 0 Å². The van der Waals surface area contributed by atoms with E-state index in [9.17, 15) is 9.59 Å². The summed E-state index contributed by atoms with van der Waals surface area (Å²) in [7, 11) is 0. The largest absolute Gasteiger partial charge is 0.465 e. The van der Waals surface area contributed by atoms with Gasteiger partial charge in [-0.1, -0.05) is 0 Å². The molecule has 0 saturated carbocycles. The zero-order valence-electron chi connectivity index (χ0n) is 5.81. The summed E-state index contributed by atoms with van der Waals surface area (Å²) < 4.78 is 0. The van der Waals surface area contributed by atoms with E-state index in [0.717, 1.165) is 0 Å². The Morgan fingerprint density at radius 1 is 1.73 bits per heavy atom. The zero-order chi connectivity index (χ0) is 8.85. The van der Waals surface area contributed by atoms with Gasteiger partial charge in [-0.3, -0.25) is 4.79 Å². The molecule has 6 heteroatoms. The van der Waals surface area contributed by atoms with E-state index in [1.165, 1.54) is 6.92 Å². The molecule has 0 fully saturated rings. The van der Waals surface area contributed by atoms with Crippen LogP contribution in [-0.4, -0.2) is 34.0 Å². The van der Waals surface area contributed by atoms with E-state index in [-0.39, 0.29) is 0 Å². The second kappa shape index (κ2) is 4.19. The number of Topliss-reactive ketones (excluding diaryl/α,β-unsaturated/α-hetero) is 1. The number of ketones is 1. The number of carboxylic acid groups (broad SMARTS) is 1. The highest BCUT2D eigenvalue weighted by molar-refractivity contribution is 6.27. The van der Waals surface area contributed by atoms with Gasteiger partial charge in [0.2, 0.25) is 0 Å². The van der Waals surface area contributed by atoms with Crippen LogP contribution < -0.4 is 5.32 Å². The van der Waals surface area contributed by atoms with Crippen molar-refractivity contribution in [1.82, 2.24) is 5.32 Å². The number of hydrogen-bond donors (Lipinski definition) is 2. The standard InChI is InChI=1S/C5H7N3O3/c1-3(8-5(10)11)4(9)2-7-6/h2-3,8H,1H3,(H,10,11). The molecule has 0 aromatic heterocycles. The summed E-state index contributed by atoms with van der Waals surface area (Å²) >= 11 is 0. The van der Waals surface area contributed by atoms with E-state index >= 15 is 0 Å². The Labute approximate surface area is 62.4 Å². The Kier molecular flexibility index (Phi) is 3.55. The maximum absolute atomic E-state index is 10.6. The molecule has 1 amide bonds. The number of amides is 1. The molecule has 2 N–H and O–H groups in total. The van der Waals surface area contributed by atoms with E-state index < -0.39 is 17.9 Å². The molecular weight excluding hydrogens is 150 g/mol. The van der Waals surface area contributed by atoms with Gasteiger partial charge in [-0.15, -0.1) is 0 Å². The van der Waals surface area contributed by atoms with Crippen LogP contribution in [0.2, 0.25) is 0 Å². The molecule has 60 valence electrons. The lowest BCUT2D eigenvalue weighted by atomic mass is 10.2. The minimum atomic E-state index is -1.29. The fourth-order valence-electron chi connectivity index (χ4n) is 0.425. The minimum Gasteiger partial charge on any atom is -0.465 e. The van der Waals surface area contributed by atoms with Crippen LogP contribution in [0.5, 0.6) is 0 Å². The lowest BCUT2D eigenvalue weighted by Gasteiger charge is -2.02. The number of nitrogens with zero attached hydrogens (tertiary/aromatic N) is 2. The SMILES string of the molecule is CC(NC(=O)O)C(=O)C=[N+]=[N-]. The van der Waals surface area contributed by atoms with E-state index in [0.29, 0.717) is 6.21 Å². The quantitative estimate of drug-likeness (QED) is 0.328. The molecule has 0 bridgehead atoms. The van der Waals surface area contributed by atoms with Crippen LogP contribution in [-0.2, 0) is 4.79 Å². The monoisotopic (exact) mass is 157 g/mol. The van der Waals surface area contributed by atoms with Crippen LogP contribution in [0, 0.1) is 0 Å². The molecule has 0 saturated heterocycles. The Balaban J connectivity index is 4.02. The van der Waals surface area contributed by atoms with Gasteiger partial charge in [-0.05, 0) is 6.92 Å². The summed E-state index contributed by atoms with van der Waals surface area (Å²) in [6.45, 7) is 1.35. The van der Waals surface area contributed by atoms with Gasteiger partial charge < -0.3 is 16.0 Å². The first-order valence-corrected chi connectivity index (χ1v) is 2.78. The number of carbonyl (C=O) groups excluding carboxylic acids is 1. The third-order valence-corrected chi connectivity index (χ3v) is 0.952. The molecule has 0 aliphatic carbocycles. The highest BCUT2D eigenvalue weighted by Gasteiger charge is 2.15. The second-order valence-electron chi connectivity index (χ2n) is 1.82. The molecule has 0 rings (SSSR count). The Morgan fingerprint density at radius 3 is 2.64 bits per heavy atom. The van der Waals surface area contributed by atoms with Crippen LogP contribution in [0.15, 0.2) is 0 Å². The smallest absolute Gasteiger partial charge is 0.405 e. The van der Waals surface area contributed by atoms with Gasteiger partial charge in [0.05, 0.1) is 6.04 Å². The maximum atomic E-state index is 10.6. The molecule has 0 aliphatic rings. The van der Waals surface area contributed by atoms with Crippen molar-refractivity contribution >= 4 is 18.1 Å². The molecule has 0 aliphatic heterocycles. The van der Waals surface area contributed by atoms with Crippen LogP contribution in [0.25, 0.3) is 5.53 Å². The number of carbonyl (C=O) groups is 2. The first kappa shape index (κ1) is 9.32. The predicted molar refractivity (Wildman–Crippen MR) is 35.3 cm³/mol. The van der Waals surface area contributed by atoms with E-state index in [4.69, 9.17) is 10.6 Å². The molecular formula is C5H7N3O3. The van der Waals surface area contributed by atoms with Gasteiger partial charge in [0.25, 0.3) is 5.78 Å². The third kappa shape index (κ3) is 3.83. The summed E-state index contributed by atoms with van der Waals surface area (Å²) in [5.74, 6) is -0.602. The van der Waals surface area contributed by atoms with Gasteiger partial charge in [0.15, 0.2) is 0 Å². The number of rotatable bonds is 3. The molecule has 0 aromatic rings. The summed E-state index contributed by atoms with van der Waals surface area (Å²) in [5.41, 5.74) is 7.89. The van der Waals surface area contributed by atoms with Crippen molar-refractivity contribution in [3.63, 3.8) is 0 Å². The zero-order valence-corrected chi connectivity index (χ0v) is 5.81. The van der Waals surface area contributed by atoms with Gasteiger partial charge in [-0.25, -0.2) is 4.79 Å². The van der Waals surface area contributed by atoms with Crippen molar-refractivity contribution in [2.45, 2.75) is 13.0 Å². The predicted octanol–water partition coefficient (Wildman–Crippen LogP) is -0.488. The molecule has 11 heavy (non-hydrogen) atoms. The summed E-state index contributed by atoms with van der Waals surface area (Å²) in [6, 6.07) is -0.886. The van der Waals surface area contributed by atoms with Crippen LogP contribution in [0.1, 0.15) is 6.92 Å². The third-order valence-electron chi connectivity index (χ3n) is 0.952. The molecule has 0 spiro atoms. The topological polar surface area (TPSA) is 103 Å². The van der Waals surface area contributed by atoms with E-state index in [1.54, 1.807) is 0 Å². The first-order valence-electron chi connectivity index (χ1n) is 2.78. The number of nitrogens with one attached hydrogen (secondary N) is 1. The molecule has 0 heterocycles. The fourth-order valence-corrected chi connectivity index (χ4v) is 0.425. The van der Waals surface area contributed by atoms with Gasteiger partial charge >= 0.3 is 12.3 Å². The van der Waals surface area contributed by atoms with Crippen molar-refractivity contribution in [2.24, 2.45) is 0 Å². The first-order chi connectivity index (χ1) is 5.07. The normalized spacial score (nSPS) is 11.0. The lowest BCUT2D eigenvalue weighted by molar-refractivity contribution is -0.117. The Morgan fingerprint density at radius 2 is 2.27 bits per heavy atom. The van der Waals surface area contributed by atoms with Crippen molar-refractivity contribution < 1.29 is 19.5 Å². The second-order valence-corrected chi connectivity index (χ2v) is 1.82. The number of hydrogen-bond acceptors (Lipinski definition) is 2. The summed E-state index contributed by atoms with van der Waals surface area (Å²) in [4.78, 5) is 23.0. The van der Waals surface area contributed by atoms with Gasteiger partial charge in [0, 0.05) is 0 Å². The highest BCUT2D eigenvalue weighted by atomic mass is 16.4. The lowest BCUT2D eigenvalue weighted by Crippen LogP contribution is -2.38. The van der Waals surface area contributed by atoms with Crippen LogP contribution in [0.4, 0.5) is 4.79 Å². The minimum absolute atomic E-state index is 0.602. The Bertz CT molecular complexity index is 219. The molecule has 0 radical (unpaired) electrons. The van der Waals surface area contributed by atoms with Crippen molar-refractivity contribution in [1.29, 1.82) is 0 Å². The Hall–Kier alpha value is -1.68. The van der Waals surface area contributed by atoms with Crippen LogP contribution >= 0.6 is 0 Å².